The van der Waals surface area contributed by atoms with Crippen LogP contribution in [0.5, 0.6) is 0 Å². The van der Waals surface area contributed by atoms with Gasteiger partial charge in [0.2, 0.25) is 5.91 Å². The van der Waals surface area contributed by atoms with Crippen LogP contribution in [0.2, 0.25) is 0 Å². The van der Waals surface area contributed by atoms with Crippen LogP contribution in [0.1, 0.15) is 44.3 Å². The van der Waals surface area contributed by atoms with E-state index in [0.29, 0.717) is 12.5 Å². The molecule has 1 atom stereocenters. The van der Waals surface area contributed by atoms with Crippen LogP contribution in [-0.4, -0.2) is 21.5 Å². The van der Waals surface area contributed by atoms with Crippen LogP contribution in [0.3, 0.4) is 0 Å². The number of imidazole rings is 1. The van der Waals surface area contributed by atoms with Crippen molar-refractivity contribution in [1.82, 2.24) is 14.9 Å². The van der Waals surface area contributed by atoms with Gasteiger partial charge in [0.05, 0.1) is 12.6 Å². The SMILES string of the molecule is Cn1ccnc1CNC(=O)C(N)CC1CCCCC1. The highest BCUT2D eigenvalue weighted by Gasteiger charge is 2.21. The Hall–Kier alpha value is -1.36. The first-order valence-electron chi connectivity index (χ1n) is 7.16. The van der Waals surface area contributed by atoms with Crippen molar-refractivity contribution in [2.45, 2.75) is 51.1 Å². The van der Waals surface area contributed by atoms with Gasteiger partial charge in [-0.1, -0.05) is 32.1 Å². The third-order valence-electron chi connectivity index (χ3n) is 3.99. The zero-order valence-corrected chi connectivity index (χ0v) is 11.6. The molecule has 0 saturated heterocycles. The summed E-state index contributed by atoms with van der Waals surface area (Å²) in [5.74, 6) is 1.41. The Morgan fingerprint density at radius 1 is 1.53 bits per heavy atom. The summed E-state index contributed by atoms with van der Waals surface area (Å²) in [5, 5.41) is 2.87. The fourth-order valence-corrected chi connectivity index (χ4v) is 2.75. The molecule has 1 unspecified atom stereocenters. The monoisotopic (exact) mass is 264 g/mol. The largest absolute Gasteiger partial charge is 0.348 e. The van der Waals surface area contributed by atoms with E-state index < -0.39 is 0 Å². The average Bonchev–Trinajstić information content (AvgIpc) is 2.82. The van der Waals surface area contributed by atoms with Crippen LogP contribution in [0.25, 0.3) is 0 Å². The van der Waals surface area contributed by atoms with E-state index in [1.165, 1.54) is 32.1 Å². The van der Waals surface area contributed by atoms with Crippen LogP contribution >= 0.6 is 0 Å². The van der Waals surface area contributed by atoms with E-state index in [-0.39, 0.29) is 11.9 Å². The third-order valence-corrected chi connectivity index (χ3v) is 3.99. The standard InChI is InChI=1S/C14H24N4O/c1-18-8-7-16-13(18)10-17-14(19)12(15)9-11-5-3-2-4-6-11/h7-8,11-12H,2-6,9-10,15H2,1H3,(H,17,19). The average molecular weight is 264 g/mol. The molecule has 2 rings (SSSR count). The van der Waals surface area contributed by atoms with Crippen molar-refractivity contribution in [2.24, 2.45) is 18.7 Å². The van der Waals surface area contributed by atoms with E-state index in [0.717, 1.165) is 12.2 Å². The van der Waals surface area contributed by atoms with E-state index in [1.807, 2.05) is 17.8 Å². The van der Waals surface area contributed by atoms with Gasteiger partial charge in [0, 0.05) is 19.4 Å². The number of amides is 1. The van der Waals surface area contributed by atoms with Crippen LogP contribution in [-0.2, 0) is 18.4 Å². The van der Waals surface area contributed by atoms with E-state index in [1.54, 1.807) is 6.20 Å². The molecule has 1 aliphatic rings. The van der Waals surface area contributed by atoms with Gasteiger partial charge < -0.3 is 15.6 Å². The molecule has 0 aromatic carbocycles. The van der Waals surface area contributed by atoms with Crippen molar-refractivity contribution in [3.05, 3.63) is 18.2 Å². The molecule has 1 amide bonds. The van der Waals surface area contributed by atoms with Gasteiger partial charge in [-0.15, -0.1) is 0 Å². The summed E-state index contributed by atoms with van der Waals surface area (Å²) in [4.78, 5) is 16.1. The van der Waals surface area contributed by atoms with Crippen molar-refractivity contribution in [2.75, 3.05) is 0 Å². The van der Waals surface area contributed by atoms with Gasteiger partial charge in [0.25, 0.3) is 0 Å². The second-order valence-corrected chi connectivity index (χ2v) is 5.52. The first kappa shape index (κ1) is 14.1. The maximum absolute atomic E-state index is 12.0. The normalized spacial score (nSPS) is 18.2. The molecule has 0 aliphatic heterocycles. The lowest BCUT2D eigenvalue weighted by molar-refractivity contribution is -0.123. The smallest absolute Gasteiger partial charge is 0.237 e. The van der Waals surface area contributed by atoms with Crippen molar-refractivity contribution in [3.63, 3.8) is 0 Å². The first-order chi connectivity index (χ1) is 9.16. The van der Waals surface area contributed by atoms with E-state index in [2.05, 4.69) is 10.3 Å². The Bertz CT molecular complexity index is 409. The van der Waals surface area contributed by atoms with Crippen LogP contribution in [0, 0.1) is 5.92 Å². The molecule has 0 bridgehead atoms. The topological polar surface area (TPSA) is 72.9 Å². The molecule has 5 heteroatoms. The van der Waals surface area contributed by atoms with Crippen molar-refractivity contribution >= 4 is 5.91 Å². The molecular formula is C14H24N4O. The molecule has 5 nitrogen and oxygen atoms in total. The maximum atomic E-state index is 12.0. The minimum absolute atomic E-state index is 0.0615. The quantitative estimate of drug-likeness (QED) is 0.842. The number of nitrogens with zero attached hydrogens (tertiary/aromatic N) is 2. The Balaban J connectivity index is 1.74. The number of nitrogens with one attached hydrogen (secondary N) is 1. The molecule has 1 saturated carbocycles. The van der Waals surface area contributed by atoms with Crippen LogP contribution in [0.4, 0.5) is 0 Å². The van der Waals surface area contributed by atoms with E-state index in [9.17, 15) is 4.79 Å². The maximum Gasteiger partial charge on any atom is 0.237 e. The highest BCUT2D eigenvalue weighted by molar-refractivity contribution is 5.81. The molecule has 0 radical (unpaired) electrons. The van der Waals surface area contributed by atoms with Gasteiger partial charge in [-0.3, -0.25) is 4.79 Å². The van der Waals surface area contributed by atoms with Crippen LogP contribution < -0.4 is 11.1 Å². The molecule has 1 aromatic rings. The molecular weight excluding hydrogens is 240 g/mol. The van der Waals surface area contributed by atoms with E-state index in [4.69, 9.17) is 5.73 Å². The number of carbonyl (C=O) groups is 1. The summed E-state index contributed by atoms with van der Waals surface area (Å²) in [5.41, 5.74) is 5.99. The van der Waals surface area contributed by atoms with E-state index >= 15 is 0 Å². The van der Waals surface area contributed by atoms with Gasteiger partial charge >= 0.3 is 0 Å². The zero-order chi connectivity index (χ0) is 13.7. The lowest BCUT2D eigenvalue weighted by Gasteiger charge is -2.24. The highest BCUT2D eigenvalue weighted by atomic mass is 16.2. The van der Waals surface area contributed by atoms with Gasteiger partial charge in [-0.05, 0) is 12.3 Å². The lowest BCUT2D eigenvalue weighted by atomic mass is 9.85. The number of aryl methyl sites for hydroxylation is 1. The second kappa shape index (κ2) is 6.70. The molecule has 106 valence electrons. The van der Waals surface area contributed by atoms with Gasteiger partial charge in [0.1, 0.15) is 5.82 Å². The van der Waals surface area contributed by atoms with Crippen molar-refractivity contribution in [3.8, 4) is 0 Å². The summed E-state index contributed by atoms with van der Waals surface area (Å²) in [6.45, 7) is 0.445. The molecule has 19 heavy (non-hydrogen) atoms. The summed E-state index contributed by atoms with van der Waals surface area (Å²) >= 11 is 0. The van der Waals surface area contributed by atoms with Crippen LogP contribution in [0.15, 0.2) is 12.4 Å². The highest BCUT2D eigenvalue weighted by Crippen LogP contribution is 2.26. The fraction of sp³-hybridized carbons (Fsp3) is 0.714. The number of hydrogen-bond donors (Lipinski definition) is 2. The minimum atomic E-state index is -0.386. The summed E-state index contributed by atoms with van der Waals surface area (Å²) < 4.78 is 1.90. The fourth-order valence-electron chi connectivity index (χ4n) is 2.75. The number of aromatic nitrogens is 2. The molecule has 1 fully saturated rings. The van der Waals surface area contributed by atoms with Gasteiger partial charge in [0.15, 0.2) is 0 Å². The first-order valence-corrected chi connectivity index (χ1v) is 7.16. The summed E-state index contributed by atoms with van der Waals surface area (Å²) in [6, 6.07) is -0.386. The number of hydrogen-bond acceptors (Lipinski definition) is 3. The molecule has 1 aromatic heterocycles. The van der Waals surface area contributed by atoms with Crippen molar-refractivity contribution in [1.29, 1.82) is 0 Å². The second-order valence-electron chi connectivity index (χ2n) is 5.52. The van der Waals surface area contributed by atoms with Gasteiger partial charge in [-0.25, -0.2) is 4.98 Å². The lowest BCUT2D eigenvalue weighted by Crippen LogP contribution is -2.42. The summed E-state index contributed by atoms with van der Waals surface area (Å²) in [7, 11) is 1.91. The Morgan fingerprint density at radius 3 is 2.89 bits per heavy atom. The molecule has 1 heterocycles. The number of rotatable bonds is 5. The predicted octanol–water partition coefficient (Wildman–Crippen LogP) is 1.33. The Morgan fingerprint density at radius 2 is 2.26 bits per heavy atom. The molecule has 1 aliphatic carbocycles. The zero-order valence-electron chi connectivity index (χ0n) is 11.6. The predicted molar refractivity (Wildman–Crippen MR) is 74.2 cm³/mol. The number of carbonyl (C=O) groups excluding carboxylic acids is 1. The van der Waals surface area contributed by atoms with Gasteiger partial charge in [-0.2, -0.15) is 0 Å². The third kappa shape index (κ3) is 4.06. The summed E-state index contributed by atoms with van der Waals surface area (Å²) in [6.07, 6.45) is 10.7. The molecule has 3 N–H and O–H groups in total. The van der Waals surface area contributed by atoms with Crippen molar-refractivity contribution < 1.29 is 4.79 Å². The molecule has 0 spiro atoms. The number of nitrogens with two attached hydrogens (primary N) is 1. The Kier molecular flexibility index (Phi) is 4.96. The minimum Gasteiger partial charge on any atom is -0.348 e. The Labute approximate surface area is 114 Å².